The molecule has 3 aromatic rings. The number of halogens is 1. The molecule has 1 fully saturated rings. The summed E-state index contributed by atoms with van der Waals surface area (Å²) in [5.41, 5.74) is 1.62. The van der Waals surface area contributed by atoms with Crippen LogP contribution in [0.3, 0.4) is 0 Å². The molecule has 1 aliphatic carbocycles. The maximum atomic E-state index is 13.3. The smallest absolute Gasteiger partial charge is 0.291 e. The van der Waals surface area contributed by atoms with Crippen LogP contribution in [0.15, 0.2) is 40.8 Å². The van der Waals surface area contributed by atoms with Gasteiger partial charge in [0.05, 0.1) is 12.0 Å². The largest absolute Gasteiger partial charge is 0.486 e. The van der Waals surface area contributed by atoms with E-state index in [-0.39, 0.29) is 17.4 Å². The number of hydrogen-bond donors (Lipinski definition) is 1. The Kier molecular flexibility index (Phi) is 4.61. The van der Waals surface area contributed by atoms with Gasteiger partial charge < -0.3 is 14.5 Å². The van der Waals surface area contributed by atoms with Gasteiger partial charge in [0.15, 0.2) is 11.5 Å². The summed E-state index contributed by atoms with van der Waals surface area (Å²) in [6, 6.07) is 9.04. The molecule has 5 nitrogen and oxygen atoms in total. The molecule has 1 saturated carbocycles. The summed E-state index contributed by atoms with van der Waals surface area (Å²) in [7, 11) is 0. The first-order chi connectivity index (χ1) is 14.8. The minimum atomic E-state index is -0.448. The highest BCUT2D eigenvalue weighted by Gasteiger charge is 2.43. The van der Waals surface area contributed by atoms with Gasteiger partial charge in [-0.25, -0.2) is 4.39 Å². The molecule has 1 aliphatic heterocycles. The second-order valence-electron chi connectivity index (χ2n) is 8.90. The molecule has 0 radical (unpaired) electrons. The Morgan fingerprint density at radius 1 is 1.13 bits per heavy atom. The number of carbonyl (C=O) groups excluding carboxylic acids is 2. The highest BCUT2D eigenvalue weighted by Crippen LogP contribution is 2.46. The van der Waals surface area contributed by atoms with Crippen molar-refractivity contribution >= 4 is 28.3 Å². The molecular formula is C25H24FNO4. The Balaban J connectivity index is 1.50. The van der Waals surface area contributed by atoms with Crippen LogP contribution in [-0.2, 0) is 0 Å². The summed E-state index contributed by atoms with van der Waals surface area (Å²) < 4.78 is 25.4. The predicted molar refractivity (Wildman–Crippen MR) is 115 cm³/mol. The number of anilines is 1. The van der Waals surface area contributed by atoms with Crippen molar-refractivity contribution in [2.75, 3.05) is 5.32 Å². The minimum Gasteiger partial charge on any atom is -0.486 e. The lowest BCUT2D eigenvalue weighted by atomic mass is 9.74. The number of ketones is 1. The van der Waals surface area contributed by atoms with Gasteiger partial charge in [0.1, 0.15) is 22.8 Å². The van der Waals surface area contributed by atoms with Gasteiger partial charge in [0.25, 0.3) is 5.91 Å². The number of rotatable bonds is 2. The van der Waals surface area contributed by atoms with Crippen molar-refractivity contribution in [3.8, 4) is 5.75 Å². The number of benzene rings is 2. The van der Waals surface area contributed by atoms with Crippen LogP contribution in [0.25, 0.3) is 11.0 Å². The number of aryl methyl sites for hydroxylation is 1. The standard InChI is InChI=1S/C25H24FNO4/c1-14-9-11-25(12-10-14)13-18(28)22-20(31-25)8-7-19-21(22)15(2)23(30-19)24(29)27-17-5-3-16(26)4-6-17/h3-8,14H,9-13H2,1-2H3,(H,27,29). The zero-order valence-corrected chi connectivity index (χ0v) is 17.6. The molecule has 0 atom stereocenters. The molecule has 0 saturated heterocycles. The monoisotopic (exact) mass is 421 g/mol. The van der Waals surface area contributed by atoms with Crippen LogP contribution < -0.4 is 10.1 Å². The molecule has 1 aromatic heterocycles. The molecule has 31 heavy (non-hydrogen) atoms. The van der Waals surface area contributed by atoms with Crippen LogP contribution in [0.5, 0.6) is 5.75 Å². The lowest BCUT2D eigenvalue weighted by Gasteiger charge is -2.42. The van der Waals surface area contributed by atoms with Crippen LogP contribution in [0, 0.1) is 18.7 Å². The van der Waals surface area contributed by atoms with Gasteiger partial charge in [0.2, 0.25) is 0 Å². The predicted octanol–water partition coefficient (Wildman–Crippen LogP) is 6.05. The second kappa shape index (κ2) is 7.22. The number of fused-ring (bicyclic) bond motifs is 3. The summed E-state index contributed by atoms with van der Waals surface area (Å²) in [5, 5.41) is 3.34. The maximum absolute atomic E-state index is 13.3. The molecule has 2 aliphatic rings. The Morgan fingerprint density at radius 2 is 1.84 bits per heavy atom. The Morgan fingerprint density at radius 3 is 2.55 bits per heavy atom. The minimum absolute atomic E-state index is 0.0378. The average Bonchev–Trinajstić information content (AvgIpc) is 3.09. The van der Waals surface area contributed by atoms with E-state index in [1.54, 1.807) is 19.1 Å². The van der Waals surface area contributed by atoms with Crippen molar-refractivity contribution < 1.29 is 23.1 Å². The SMILES string of the molecule is Cc1c(C(=O)Nc2ccc(F)cc2)oc2ccc3c(c12)C(=O)CC1(CCC(C)CC1)O3. The first-order valence-electron chi connectivity index (χ1n) is 10.7. The van der Waals surface area contributed by atoms with Gasteiger partial charge in [-0.15, -0.1) is 0 Å². The Bertz CT molecular complexity index is 1190. The molecule has 1 N–H and O–H groups in total. The number of hydrogen-bond acceptors (Lipinski definition) is 4. The average molecular weight is 421 g/mol. The van der Waals surface area contributed by atoms with E-state index in [0.717, 1.165) is 25.7 Å². The summed E-state index contributed by atoms with van der Waals surface area (Å²) in [6.07, 6.45) is 4.24. The molecular weight excluding hydrogens is 397 g/mol. The summed E-state index contributed by atoms with van der Waals surface area (Å²) in [6.45, 7) is 4.01. The number of ether oxygens (including phenoxy) is 1. The van der Waals surface area contributed by atoms with Gasteiger partial charge in [0, 0.05) is 16.6 Å². The van der Waals surface area contributed by atoms with Crippen LogP contribution in [-0.4, -0.2) is 17.3 Å². The number of nitrogens with one attached hydrogen (secondary N) is 1. The van der Waals surface area contributed by atoms with Crippen LogP contribution >= 0.6 is 0 Å². The third kappa shape index (κ3) is 3.40. The lowest BCUT2D eigenvalue weighted by Crippen LogP contribution is -2.44. The number of amides is 1. The first-order valence-corrected chi connectivity index (χ1v) is 10.7. The van der Waals surface area contributed by atoms with Crippen molar-refractivity contribution in [2.24, 2.45) is 5.92 Å². The topological polar surface area (TPSA) is 68.5 Å². The van der Waals surface area contributed by atoms with Crippen molar-refractivity contribution in [2.45, 2.75) is 51.6 Å². The zero-order valence-electron chi connectivity index (χ0n) is 17.6. The highest BCUT2D eigenvalue weighted by atomic mass is 19.1. The van der Waals surface area contributed by atoms with Gasteiger partial charge >= 0.3 is 0 Å². The van der Waals surface area contributed by atoms with E-state index in [1.165, 1.54) is 24.3 Å². The van der Waals surface area contributed by atoms with E-state index < -0.39 is 11.5 Å². The van der Waals surface area contributed by atoms with E-state index in [9.17, 15) is 14.0 Å². The van der Waals surface area contributed by atoms with E-state index in [0.29, 0.717) is 45.9 Å². The summed E-state index contributed by atoms with van der Waals surface area (Å²) in [5.74, 6) is 0.575. The number of furan rings is 1. The van der Waals surface area contributed by atoms with Gasteiger partial charge in [-0.05, 0) is 74.9 Å². The fraction of sp³-hybridized carbons (Fsp3) is 0.360. The molecule has 6 heteroatoms. The number of carbonyl (C=O) groups is 2. The van der Waals surface area contributed by atoms with Crippen molar-refractivity contribution in [1.82, 2.24) is 0 Å². The Labute approximate surface area is 179 Å². The fourth-order valence-corrected chi connectivity index (χ4v) is 4.84. The van der Waals surface area contributed by atoms with Crippen molar-refractivity contribution in [3.63, 3.8) is 0 Å². The first kappa shape index (κ1) is 19.8. The van der Waals surface area contributed by atoms with Crippen molar-refractivity contribution in [1.29, 1.82) is 0 Å². The van der Waals surface area contributed by atoms with Gasteiger partial charge in [-0.1, -0.05) is 6.92 Å². The third-order valence-electron chi connectivity index (χ3n) is 6.64. The molecule has 5 rings (SSSR count). The summed E-state index contributed by atoms with van der Waals surface area (Å²) in [4.78, 5) is 26.0. The molecule has 1 amide bonds. The third-order valence-corrected chi connectivity index (χ3v) is 6.64. The molecule has 2 aromatic carbocycles. The van der Waals surface area contributed by atoms with E-state index >= 15 is 0 Å². The number of Topliss-reactive ketones (excluding diaryl/α,β-unsaturated/α-hetero) is 1. The molecule has 160 valence electrons. The van der Waals surface area contributed by atoms with E-state index in [2.05, 4.69) is 12.2 Å². The lowest BCUT2D eigenvalue weighted by molar-refractivity contribution is 0.00430. The molecule has 2 heterocycles. The van der Waals surface area contributed by atoms with Crippen molar-refractivity contribution in [3.05, 3.63) is 59.1 Å². The normalized spacial score (nSPS) is 22.9. The quantitative estimate of drug-likeness (QED) is 0.547. The second-order valence-corrected chi connectivity index (χ2v) is 8.90. The molecule has 0 bridgehead atoms. The molecule has 0 unspecified atom stereocenters. The Hall–Kier alpha value is -3.15. The van der Waals surface area contributed by atoms with Crippen LogP contribution in [0.4, 0.5) is 10.1 Å². The van der Waals surface area contributed by atoms with Crippen LogP contribution in [0.1, 0.15) is 65.5 Å². The van der Waals surface area contributed by atoms with E-state index in [4.69, 9.17) is 9.15 Å². The van der Waals surface area contributed by atoms with Gasteiger partial charge in [-0.3, -0.25) is 9.59 Å². The van der Waals surface area contributed by atoms with Gasteiger partial charge in [-0.2, -0.15) is 0 Å². The maximum Gasteiger partial charge on any atom is 0.291 e. The molecule has 1 spiro atoms. The highest BCUT2D eigenvalue weighted by molar-refractivity contribution is 6.14. The summed E-state index contributed by atoms with van der Waals surface area (Å²) >= 11 is 0. The van der Waals surface area contributed by atoms with E-state index in [1.807, 2.05) is 0 Å². The van der Waals surface area contributed by atoms with Crippen LogP contribution in [0.2, 0.25) is 0 Å². The zero-order chi connectivity index (χ0) is 21.8. The fourth-order valence-electron chi connectivity index (χ4n) is 4.84.